The number of aromatic nitrogens is 1. The first-order valence-corrected chi connectivity index (χ1v) is 12.0. The van der Waals surface area contributed by atoms with Gasteiger partial charge in [0.05, 0.1) is 17.9 Å². The Morgan fingerprint density at radius 3 is 2.33 bits per heavy atom. The lowest BCUT2D eigenvalue weighted by Gasteiger charge is -2.30. The van der Waals surface area contributed by atoms with Gasteiger partial charge in [-0.2, -0.15) is 0 Å². The molecule has 3 rings (SSSR count). The van der Waals surface area contributed by atoms with Gasteiger partial charge in [-0.05, 0) is 49.1 Å². The van der Waals surface area contributed by atoms with E-state index in [2.05, 4.69) is 4.98 Å². The van der Waals surface area contributed by atoms with Crippen molar-refractivity contribution in [3.8, 4) is 0 Å². The lowest BCUT2D eigenvalue weighted by molar-refractivity contribution is 0.0725. The molecule has 1 aromatic carbocycles. The third kappa shape index (κ3) is 5.05. The van der Waals surface area contributed by atoms with E-state index in [1.165, 1.54) is 22.7 Å². The number of hydrogen-bond donors (Lipinski definition) is 0. The Hall–Kier alpha value is -2.32. The molecule has 0 spiro atoms. The summed E-state index contributed by atoms with van der Waals surface area (Å²) in [5, 5.41) is 0. The van der Waals surface area contributed by atoms with Crippen LogP contribution < -0.4 is 0 Å². The average molecular weight is 434 g/mol. The van der Waals surface area contributed by atoms with E-state index in [0.29, 0.717) is 25.1 Å². The highest BCUT2D eigenvalue weighted by atomic mass is 32.2. The summed E-state index contributed by atoms with van der Waals surface area (Å²) in [4.78, 5) is 19.1. The van der Waals surface area contributed by atoms with E-state index in [-0.39, 0.29) is 23.7 Å². The number of hydrogen-bond acceptors (Lipinski definition) is 4. The quantitative estimate of drug-likeness (QED) is 0.698. The maximum atomic E-state index is 13.2. The number of halogens is 1. The summed E-state index contributed by atoms with van der Waals surface area (Å²) < 4.78 is 38.0. The Balaban J connectivity index is 1.68. The van der Waals surface area contributed by atoms with Gasteiger partial charge in [0.2, 0.25) is 10.0 Å². The Morgan fingerprint density at radius 1 is 1.20 bits per heavy atom. The van der Waals surface area contributed by atoms with Crippen molar-refractivity contribution in [1.29, 1.82) is 0 Å². The zero-order valence-electron chi connectivity index (χ0n) is 17.6. The number of nitrogens with zero attached hydrogens (tertiary/aromatic N) is 3. The number of benzene rings is 1. The van der Waals surface area contributed by atoms with E-state index in [1.807, 2.05) is 13.0 Å². The van der Waals surface area contributed by atoms with Crippen molar-refractivity contribution in [2.24, 2.45) is 0 Å². The third-order valence-electron chi connectivity index (χ3n) is 5.80. The van der Waals surface area contributed by atoms with Crippen LogP contribution in [0.5, 0.6) is 0 Å². The minimum atomic E-state index is -3.15. The monoisotopic (exact) mass is 433 g/mol. The van der Waals surface area contributed by atoms with Gasteiger partial charge in [0, 0.05) is 37.9 Å². The zero-order chi connectivity index (χ0) is 21.9. The normalized spacial score (nSPS) is 16.9. The molecule has 1 fully saturated rings. The molecular formula is C22H28FN3O3S. The zero-order valence-corrected chi connectivity index (χ0v) is 18.4. The molecule has 1 amide bonds. The lowest BCUT2D eigenvalue weighted by atomic mass is 9.94. The molecule has 0 N–H and O–H groups in total. The van der Waals surface area contributed by atoms with Crippen molar-refractivity contribution in [2.75, 3.05) is 26.4 Å². The molecule has 30 heavy (non-hydrogen) atoms. The molecule has 0 aliphatic carbocycles. The van der Waals surface area contributed by atoms with Crippen LogP contribution in [-0.4, -0.2) is 54.9 Å². The fourth-order valence-corrected chi connectivity index (χ4v) is 4.89. The van der Waals surface area contributed by atoms with Gasteiger partial charge in [0.15, 0.2) is 0 Å². The third-order valence-corrected chi connectivity index (χ3v) is 7.11. The number of sulfonamides is 1. The van der Waals surface area contributed by atoms with Crippen molar-refractivity contribution < 1.29 is 17.6 Å². The Bertz CT molecular complexity index is 970. The summed E-state index contributed by atoms with van der Waals surface area (Å²) in [5.41, 5.74) is 2.26. The van der Waals surface area contributed by atoms with Crippen LogP contribution >= 0.6 is 0 Å². The first kappa shape index (κ1) is 22.4. The molecule has 0 radical (unpaired) electrons. The van der Waals surface area contributed by atoms with Crippen LogP contribution in [0.2, 0.25) is 0 Å². The predicted octanol–water partition coefficient (Wildman–Crippen LogP) is 3.58. The van der Waals surface area contributed by atoms with Crippen molar-refractivity contribution in [3.63, 3.8) is 0 Å². The first-order valence-electron chi connectivity index (χ1n) is 10.1. The summed E-state index contributed by atoms with van der Waals surface area (Å²) in [6.07, 6.45) is 4.97. The van der Waals surface area contributed by atoms with Crippen LogP contribution in [0, 0.1) is 5.82 Å². The summed E-state index contributed by atoms with van der Waals surface area (Å²) in [5.74, 6) is -0.255. The molecule has 0 unspecified atom stereocenters. The van der Waals surface area contributed by atoms with E-state index in [9.17, 15) is 17.6 Å². The van der Waals surface area contributed by atoms with E-state index >= 15 is 0 Å². The van der Waals surface area contributed by atoms with Crippen molar-refractivity contribution in [2.45, 2.75) is 38.1 Å². The molecule has 1 aromatic heterocycles. The molecule has 162 valence electrons. The molecule has 1 atom stereocenters. The van der Waals surface area contributed by atoms with Crippen molar-refractivity contribution >= 4 is 15.9 Å². The van der Waals surface area contributed by atoms with E-state index in [4.69, 9.17) is 0 Å². The Kier molecular flexibility index (Phi) is 6.88. The predicted molar refractivity (Wildman–Crippen MR) is 114 cm³/mol. The summed E-state index contributed by atoms with van der Waals surface area (Å²) in [6.45, 7) is 2.97. The van der Waals surface area contributed by atoms with E-state index in [0.717, 1.165) is 24.1 Å². The highest BCUT2D eigenvalue weighted by Crippen LogP contribution is 2.29. The van der Waals surface area contributed by atoms with Gasteiger partial charge in [-0.1, -0.05) is 19.1 Å². The second kappa shape index (κ2) is 9.22. The standard InChI is InChI=1S/C22H28FN3O3S/c1-4-21(17-5-8-19(23)9-6-17)25(2)22(27)18-7-10-20(24-15-18)16-11-13-26(14-12-16)30(3,28)29/h5-10,15-16,21H,4,11-14H2,1-3H3/t21-/m0/s1. The van der Waals surface area contributed by atoms with Crippen molar-refractivity contribution in [3.05, 3.63) is 65.2 Å². The second-order valence-corrected chi connectivity index (χ2v) is 9.78. The minimum Gasteiger partial charge on any atom is -0.335 e. The Morgan fingerprint density at radius 2 is 1.83 bits per heavy atom. The molecule has 6 nitrogen and oxygen atoms in total. The van der Waals surface area contributed by atoms with E-state index in [1.54, 1.807) is 36.3 Å². The molecule has 0 saturated carbocycles. The number of carbonyl (C=O) groups excluding carboxylic acids is 1. The number of rotatable bonds is 6. The lowest BCUT2D eigenvalue weighted by Crippen LogP contribution is -2.37. The summed E-state index contributed by atoms with van der Waals surface area (Å²) >= 11 is 0. The topological polar surface area (TPSA) is 70.6 Å². The molecule has 1 aliphatic rings. The van der Waals surface area contributed by atoms with E-state index < -0.39 is 10.0 Å². The number of piperidine rings is 1. The second-order valence-electron chi connectivity index (χ2n) is 7.80. The van der Waals surface area contributed by atoms with Gasteiger partial charge >= 0.3 is 0 Å². The molecule has 1 saturated heterocycles. The largest absolute Gasteiger partial charge is 0.335 e. The number of amides is 1. The van der Waals surface area contributed by atoms with Crippen LogP contribution in [0.4, 0.5) is 4.39 Å². The smallest absolute Gasteiger partial charge is 0.255 e. The molecule has 8 heteroatoms. The average Bonchev–Trinajstić information content (AvgIpc) is 2.74. The molecular weight excluding hydrogens is 405 g/mol. The van der Waals surface area contributed by atoms with Crippen LogP contribution in [0.25, 0.3) is 0 Å². The van der Waals surface area contributed by atoms with Gasteiger partial charge in [-0.3, -0.25) is 9.78 Å². The minimum absolute atomic E-state index is 0.142. The highest BCUT2D eigenvalue weighted by molar-refractivity contribution is 7.88. The number of carbonyl (C=O) groups is 1. The Labute approximate surface area is 177 Å². The number of pyridine rings is 1. The molecule has 2 heterocycles. The van der Waals surface area contributed by atoms with Crippen molar-refractivity contribution in [1.82, 2.24) is 14.2 Å². The maximum Gasteiger partial charge on any atom is 0.255 e. The molecule has 0 bridgehead atoms. The summed E-state index contributed by atoms with van der Waals surface area (Å²) in [6, 6.07) is 9.71. The molecule has 2 aromatic rings. The SMILES string of the molecule is CC[C@@H](c1ccc(F)cc1)N(C)C(=O)c1ccc(C2CCN(S(C)(=O)=O)CC2)nc1. The van der Waals surface area contributed by atoms with Gasteiger partial charge in [-0.25, -0.2) is 17.1 Å². The van der Waals surface area contributed by atoms with Gasteiger partial charge in [0.1, 0.15) is 5.82 Å². The van der Waals surface area contributed by atoms with Crippen LogP contribution in [0.3, 0.4) is 0 Å². The van der Waals surface area contributed by atoms with Gasteiger partial charge in [0.25, 0.3) is 5.91 Å². The van der Waals surface area contributed by atoms with Crippen LogP contribution in [-0.2, 0) is 10.0 Å². The summed E-state index contributed by atoms with van der Waals surface area (Å²) in [7, 11) is -1.41. The van der Waals surface area contributed by atoms with Crippen LogP contribution in [0.1, 0.15) is 59.8 Å². The van der Waals surface area contributed by atoms with Gasteiger partial charge < -0.3 is 4.90 Å². The maximum absolute atomic E-state index is 13.2. The molecule has 1 aliphatic heterocycles. The highest BCUT2D eigenvalue weighted by Gasteiger charge is 2.27. The first-order chi connectivity index (χ1) is 14.2. The fraction of sp³-hybridized carbons (Fsp3) is 0.455. The van der Waals surface area contributed by atoms with Gasteiger partial charge in [-0.15, -0.1) is 0 Å². The van der Waals surface area contributed by atoms with Crippen LogP contribution in [0.15, 0.2) is 42.6 Å². The fourth-order valence-electron chi connectivity index (χ4n) is 4.02.